The van der Waals surface area contributed by atoms with E-state index in [0.29, 0.717) is 24.7 Å². The first-order valence-corrected chi connectivity index (χ1v) is 7.42. The summed E-state index contributed by atoms with van der Waals surface area (Å²) in [5, 5.41) is 3.61. The molecule has 1 N–H and O–H groups in total. The predicted molar refractivity (Wildman–Crippen MR) is 85.1 cm³/mol. The van der Waals surface area contributed by atoms with Gasteiger partial charge in [0.05, 0.1) is 12.7 Å². The predicted octanol–water partition coefficient (Wildman–Crippen LogP) is 2.44. The van der Waals surface area contributed by atoms with Crippen molar-refractivity contribution in [1.29, 1.82) is 0 Å². The van der Waals surface area contributed by atoms with Crippen molar-refractivity contribution in [2.45, 2.75) is 13.0 Å². The largest absolute Gasteiger partial charge is 0.373 e. The first-order chi connectivity index (χ1) is 9.95. The smallest absolute Gasteiger partial charge is 0.322 e. The van der Waals surface area contributed by atoms with Gasteiger partial charge < -0.3 is 19.9 Å². The summed E-state index contributed by atoms with van der Waals surface area (Å²) in [7, 11) is 4.00. The van der Waals surface area contributed by atoms with Gasteiger partial charge in [0.2, 0.25) is 0 Å². The fraction of sp³-hybridized carbons (Fsp3) is 0.533. The zero-order chi connectivity index (χ0) is 15.4. The van der Waals surface area contributed by atoms with E-state index in [9.17, 15) is 4.79 Å². The van der Waals surface area contributed by atoms with Gasteiger partial charge in [0, 0.05) is 30.3 Å². The summed E-state index contributed by atoms with van der Waals surface area (Å²) in [5.41, 5.74) is 1.74. The number of halogens is 1. The van der Waals surface area contributed by atoms with Crippen LogP contribution < -0.4 is 5.32 Å². The third kappa shape index (κ3) is 4.59. The standard InChI is InChI=1S/C15H22ClN3O2/c1-11-8-12(16)4-5-14(11)17-15(20)19-6-7-21-13(10-19)9-18(2)3/h4-5,8,13H,6-7,9-10H2,1-3H3,(H,17,20)/t13-/m0/s1. The maximum Gasteiger partial charge on any atom is 0.322 e. The van der Waals surface area contributed by atoms with E-state index in [2.05, 4.69) is 10.2 Å². The van der Waals surface area contributed by atoms with E-state index in [0.717, 1.165) is 17.8 Å². The number of ether oxygens (including phenoxy) is 1. The van der Waals surface area contributed by atoms with Gasteiger partial charge in [-0.3, -0.25) is 0 Å². The Kier molecular flexibility index (Phi) is 5.45. The number of carbonyl (C=O) groups is 1. The minimum absolute atomic E-state index is 0.0609. The molecule has 1 aliphatic rings. The van der Waals surface area contributed by atoms with Crippen LogP contribution in [-0.4, -0.2) is 62.3 Å². The number of likely N-dealkylation sites (N-methyl/N-ethyl adjacent to an activating group) is 1. The maximum atomic E-state index is 12.3. The van der Waals surface area contributed by atoms with Gasteiger partial charge in [0.25, 0.3) is 0 Å². The quantitative estimate of drug-likeness (QED) is 0.932. The first-order valence-electron chi connectivity index (χ1n) is 7.04. The lowest BCUT2D eigenvalue weighted by atomic mass is 10.2. The maximum absolute atomic E-state index is 12.3. The van der Waals surface area contributed by atoms with Crippen LogP contribution in [0.5, 0.6) is 0 Å². The Morgan fingerprint density at radius 1 is 1.52 bits per heavy atom. The van der Waals surface area contributed by atoms with Crippen LogP contribution in [0.15, 0.2) is 18.2 Å². The number of carbonyl (C=O) groups excluding carboxylic acids is 1. The average Bonchev–Trinajstić information content (AvgIpc) is 2.41. The molecule has 1 aromatic rings. The van der Waals surface area contributed by atoms with Crippen LogP contribution >= 0.6 is 11.6 Å². The lowest BCUT2D eigenvalue weighted by Crippen LogP contribution is -2.50. The van der Waals surface area contributed by atoms with Crippen LogP contribution in [-0.2, 0) is 4.74 Å². The summed E-state index contributed by atoms with van der Waals surface area (Å²) in [5.74, 6) is 0. The van der Waals surface area contributed by atoms with Gasteiger partial charge in [-0.05, 0) is 44.8 Å². The zero-order valence-electron chi connectivity index (χ0n) is 12.7. The fourth-order valence-electron chi connectivity index (χ4n) is 2.38. The molecule has 0 unspecified atom stereocenters. The van der Waals surface area contributed by atoms with E-state index in [1.54, 1.807) is 11.0 Å². The molecule has 0 spiro atoms. The summed E-state index contributed by atoms with van der Waals surface area (Å²) >= 11 is 5.93. The minimum atomic E-state index is -0.0903. The second-order valence-electron chi connectivity index (χ2n) is 5.59. The molecule has 0 aromatic heterocycles. The van der Waals surface area contributed by atoms with Crippen molar-refractivity contribution in [3.05, 3.63) is 28.8 Å². The number of amides is 2. The Morgan fingerprint density at radius 2 is 2.29 bits per heavy atom. The first kappa shape index (κ1) is 16.1. The molecular weight excluding hydrogens is 290 g/mol. The number of anilines is 1. The average molecular weight is 312 g/mol. The summed E-state index contributed by atoms with van der Waals surface area (Å²) in [6, 6.07) is 5.35. The van der Waals surface area contributed by atoms with Gasteiger partial charge in [-0.1, -0.05) is 11.6 Å². The third-order valence-electron chi connectivity index (χ3n) is 3.42. The molecule has 116 valence electrons. The normalized spacial score (nSPS) is 18.9. The topological polar surface area (TPSA) is 44.8 Å². The Balaban J connectivity index is 1.96. The number of nitrogens with one attached hydrogen (secondary N) is 1. The lowest BCUT2D eigenvalue weighted by molar-refractivity contribution is -0.0228. The molecule has 2 rings (SSSR count). The van der Waals surface area contributed by atoms with E-state index in [1.807, 2.05) is 33.2 Å². The number of urea groups is 1. The molecule has 1 heterocycles. The molecule has 1 atom stereocenters. The van der Waals surface area contributed by atoms with E-state index in [4.69, 9.17) is 16.3 Å². The lowest BCUT2D eigenvalue weighted by Gasteiger charge is -2.34. The monoisotopic (exact) mass is 311 g/mol. The van der Waals surface area contributed by atoms with Crippen molar-refractivity contribution in [3.63, 3.8) is 0 Å². The number of nitrogens with zero attached hydrogens (tertiary/aromatic N) is 2. The molecule has 1 fully saturated rings. The zero-order valence-corrected chi connectivity index (χ0v) is 13.5. The molecule has 6 heteroatoms. The molecule has 1 saturated heterocycles. The highest BCUT2D eigenvalue weighted by atomic mass is 35.5. The molecule has 0 saturated carbocycles. The highest BCUT2D eigenvalue weighted by Crippen LogP contribution is 2.20. The van der Waals surface area contributed by atoms with Crippen molar-refractivity contribution in [3.8, 4) is 0 Å². The fourth-order valence-corrected chi connectivity index (χ4v) is 2.61. The van der Waals surface area contributed by atoms with Crippen molar-refractivity contribution >= 4 is 23.3 Å². The molecule has 21 heavy (non-hydrogen) atoms. The highest BCUT2D eigenvalue weighted by Gasteiger charge is 2.24. The van der Waals surface area contributed by atoms with Gasteiger partial charge in [0.15, 0.2) is 0 Å². The van der Waals surface area contributed by atoms with Gasteiger partial charge in [-0.15, -0.1) is 0 Å². The van der Waals surface area contributed by atoms with Crippen LogP contribution in [0.3, 0.4) is 0 Å². The van der Waals surface area contributed by atoms with Crippen molar-refractivity contribution in [2.24, 2.45) is 0 Å². The summed E-state index contributed by atoms with van der Waals surface area (Å²) < 4.78 is 5.68. The molecule has 0 bridgehead atoms. The number of rotatable bonds is 3. The second kappa shape index (κ2) is 7.11. The molecule has 2 amide bonds. The van der Waals surface area contributed by atoms with Crippen LogP contribution in [0, 0.1) is 6.92 Å². The molecule has 0 aliphatic carbocycles. The van der Waals surface area contributed by atoms with Crippen LogP contribution in [0.1, 0.15) is 5.56 Å². The van der Waals surface area contributed by atoms with Gasteiger partial charge in [0.1, 0.15) is 0 Å². The number of hydrogen-bond acceptors (Lipinski definition) is 3. The van der Waals surface area contributed by atoms with Crippen LogP contribution in [0.2, 0.25) is 5.02 Å². The Hall–Kier alpha value is -1.30. The summed E-state index contributed by atoms with van der Waals surface area (Å²) in [4.78, 5) is 16.2. The highest BCUT2D eigenvalue weighted by molar-refractivity contribution is 6.30. The summed E-state index contributed by atoms with van der Waals surface area (Å²) in [6.45, 7) is 4.53. The Morgan fingerprint density at radius 3 is 2.95 bits per heavy atom. The van der Waals surface area contributed by atoms with E-state index in [-0.39, 0.29) is 12.1 Å². The Labute approximate surface area is 130 Å². The van der Waals surface area contributed by atoms with Gasteiger partial charge in [-0.25, -0.2) is 4.79 Å². The minimum Gasteiger partial charge on any atom is -0.373 e. The number of hydrogen-bond donors (Lipinski definition) is 1. The molecule has 0 radical (unpaired) electrons. The number of aryl methyl sites for hydroxylation is 1. The number of morpholine rings is 1. The number of benzene rings is 1. The third-order valence-corrected chi connectivity index (χ3v) is 3.66. The second-order valence-corrected chi connectivity index (χ2v) is 6.03. The van der Waals surface area contributed by atoms with Crippen molar-refractivity contribution in [1.82, 2.24) is 9.80 Å². The summed E-state index contributed by atoms with van der Waals surface area (Å²) in [6.07, 6.45) is 0.0609. The molecular formula is C15H22ClN3O2. The molecule has 5 nitrogen and oxygen atoms in total. The van der Waals surface area contributed by atoms with Crippen molar-refractivity contribution in [2.75, 3.05) is 45.7 Å². The van der Waals surface area contributed by atoms with E-state index in [1.165, 1.54) is 0 Å². The SMILES string of the molecule is Cc1cc(Cl)ccc1NC(=O)N1CCO[C@@H](CN(C)C)C1. The van der Waals surface area contributed by atoms with Crippen LogP contribution in [0.4, 0.5) is 10.5 Å². The van der Waals surface area contributed by atoms with Gasteiger partial charge >= 0.3 is 6.03 Å². The molecule has 1 aromatic carbocycles. The van der Waals surface area contributed by atoms with E-state index >= 15 is 0 Å². The van der Waals surface area contributed by atoms with Crippen molar-refractivity contribution < 1.29 is 9.53 Å². The molecule has 1 aliphatic heterocycles. The Bertz CT molecular complexity index is 508. The van der Waals surface area contributed by atoms with Crippen LogP contribution in [0.25, 0.3) is 0 Å². The van der Waals surface area contributed by atoms with Gasteiger partial charge in [-0.2, -0.15) is 0 Å². The van der Waals surface area contributed by atoms with E-state index < -0.39 is 0 Å².